The standard InChI is InChI=1S/C9H16N4O3S/c1-12(2)8-5-13(6-9(8)14)17(15,16)7-3-10-11-4-7/h3-4,8-9,14H,5-6H2,1-2H3,(H,10,11)/t8-,9-/m1/s1. The summed E-state index contributed by atoms with van der Waals surface area (Å²) in [5.41, 5.74) is 0. The second-order valence-corrected chi connectivity index (χ2v) is 6.29. The molecular weight excluding hydrogens is 244 g/mol. The van der Waals surface area contributed by atoms with Gasteiger partial charge in [-0.1, -0.05) is 0 Å². The minimum atomic E-state index is -3.54. The van der Waals surface area contributed by atoms with Crippen LogP contribution in [0.5, 0.6) is 0 Å². The second-order valence-electron chi connectivity index (χ2n) is 4.35. The Labute approximate surface area is 100 Å². The van der Waals surface area contributed by atoms with Crippen LogP contribution in [0, 0.1) is 0 Å². The number of hydrogen-bond donors (Lipinski definition) is 2. The SMILES string of the molecule is CN(C)[C@@H]1CN(S(=O)(=O)c2cn[nH]c2)C[C@H]1O. The summed E-state index contributed by atoms with van der Waals surface area (Å²) in [4.78, 5) is 1.96. The first-order valence-corrected chi connectivity index (χ1v) is 6.70. The van der Waals surface area contributed by atoms with Gasteiger partial charge in [-0.3, -0.25) is 5.10 Å². The molecule has 2 atom stereocenters. The molecule has 2 rings (SSSR count). The Hall–Kier alpha value is -0.960. The van der Waals surface area contributed by atoms with E-state index in [9.17, 15) is 13.5 Å². The topological polar surface area (TPSA) is 89.5 Å². The van der Waals surface area contributed by atoms with Crippen molar-refractivity contribution in [2.24, 2.45) is 0 Å². The zero-order valence-electron chi connectivity index (χ0n) is 9.74. The molecule has 0 aromatic carbocycles. The number of hydrogen-bond acceptors (Lipinski definition) is 5. The highest BCUT2D eigenvalue weighted by Crippen LogP contribution is 2.22. The molecule has 1 fully saturated rings. The van der Waals surface area contributed by atoms with E-state index in [2.05, 4.69) is 10.2 Å². The van der Waals surface area contributed by atoms with Crippen LogP contribution < -0.4 is 0 Å². The monoisotopic (exact) mass is 260 g/mol. The maximum atomic E-state index is 12.1. The Bertz CT molecular complexity index is 470. The van der Waals surface area contributed by atoms with Gasteiger partial charge in [-0.05, 0) is 14.1 Å². The van der Waals surface area contributed by atoms with E-state index < -0.39 is 16.1 Å². The fraction of sp³-hybridized carbons (Fsp3) is 0.667. The molecule has 2 N–H and O–H groups in total. The molecular formula is C9H16N4O3S. The predicted octanol–water partition coefficient (Wildman–Crippen LogP) is -1.29. The maximum Gasteiger partial charge on any atom is 0.246 e. The summed E-state index contributed by atoms with van der Waals surface area (Å²) in [6, 6.07) is -0.170. The molecule has 1 aliphatic heterocycles. The Morgan fingerprint density at radius 3 is 2.71 bits per heavy atom. The number of nitrogens with one attached hydrogen (secondary N) is 1. The fourth-order valence-electron chi connectivity index (χ4n) is 1.97. The van der Waals surface area contributed by atoms with Crippen LogP contribution in [0.4, 0.5) is 0 Å². The summed E-state index contributed by atoms with van der Waals surface area (Å²) < 4.78 is 25.6. The predicted molar refractivity (Wildman–Crippen MR) is 60.8 cm³/mol. The van der Waals surface area contributed by atoms with Gasteiger partial charge in [0.25, 0.3) is 0 Å². The van der Waals surface area contributed by atoms with Crippen molar-refractivity contribution in [2.75, 3.05) is 27.2 Å². The third-order valence-corrected chi connectivity index (χ3v) is 4.80. The Balaban J connectivity index is 2.21. The van der Waals surface area contributed by atoms with Crippen molar-refractivity contribution in [3.8, 4) is 0 Å². The van der Waals surface area contributed by atoms with Crippen LogP contribution in [0.2, 0.25) is 0 Å². The number of rotatable bonds is 3. The lowest BCUT2D eigenvalue weighted by Gasteiger charge is -2.21. The molecule has 0 unspecified atom stereocenters. The van der Waals surface area contributed by atoms with Gasteiger partial charge < -0.3 is 10.0 Å². The maximum absolute atomic E-state index is 12.1. The fourth-order valence-corrected chi connectivity index (χ4v) is 3.35. The summed E-state index contributed by atoms with van der Waals surface area (Å²) in [5, 5.41) is 15.9. The van der Waals surface area contributed by atoms with Crippen molar-refractivity contribution < 1.29 is 13.5 Å². The molecule has 0 radical (unpaired) electrons. The van der Waals surface area contributed by atoms with E-state index in [-0.39, 0.29) is 17.5 Å². The van der Waals surface area contributed by atoms with Gasteiger partial charge in [0.05, 0.1) is 18.3 Å². The first-order chi connectivity index (χ1) is 7.93. The van der Waals surface area contributed by atoms with E-state index in [1.807, 2.05) is 19.0 Å². The zero-order chi connectivity index (χ0) is 12.6. The molecule has 1 aliphatic rings. The molecule has 1 aromatic heterocycles. The molecule has 0 saturated carbocycles. The minimum absolute atomic E-state index is 0.121. The Kier molecular flexibility index (Phi) is 3.21. The van der Waals surface area contributed by atoms with Crippen LogP contribution in [0.15, 0.2) is 17.3 Å². The number of β-amino-alcohol motifs (C(OH)–C–C–N with tert-alkyl or cyclic N) is 1. The van der Waals surface area contributed by atoms with Gasteiger partial charge in [-0.15, -0.1) is 0 Å². The molecule has 1 aromatic rings. The number of aliphatic hydroxyl groups excluding tert-OH is 1. The van der Waals surface area contributed by atoms with Crippen molar-refractivity contribution in [1.29, 1.82) is 0 Å². The van der Waals surface area contributed by atoms with E-state index in [0.717, 1.165) is 0 Å². The molecule has 0 amide bonds. The number of H-pyrrole nitrogens is 1. The van der Waals surface area contributed by atoms with Gasteiger partial charge in [0.1, 0.15) is 4.90 Å². The van der Waals surface area contributed by atoms with Gasteiger partial charge in [0.2, 0.25) is 10.0 Å². The average Bonchev–Trinajstić information content (AvgIpc) is 2.84. The van der Waals surface area contributed by atoms with E-state index >= 15 is 0 Å². The first-order valence-electron chi connectivity index (χ1n) is 5.26. The molecule has 96 valence electrons. The second kappa shape index (κ2) is 4.37. The van der Waals surface area contributed by atoms with Crippen LogP contribution in [-0.2, 0) is 10.0 Å². The van der Waals surface area contributed by atoms with Crippen molar-refractivity contribution in [3.63, 3.8) is 0 Å². The number of aromatic nitrogens is 2. The number of likely N-dealkylation sites (N-methyl/N-ethyl adjacent to an activating group) is 1. The van der Waals surface area contributed by atoms with Gasteiger partial charge in [0, 0.05) is 19.3 Å². The summed E-state index contributed by atoms with van der Waals surface area (Å²) in [7, 11) is 0.101. The lowest BCUT2D eigenvalue weighted by atomic mass is 10.2. The first kappa shape index (κ1) is 12.5. The quantitative estimate of drug-likeness (QED) is 0.705. The van der Waals surface area contributed by atoms with Crippen LogP contribution in [0.3, 0.4) is 0 Å². The van der Waals surface area contributed by atoms with Gasteiger partial charge >= 0.3 is 0 Å². The third kappa shape index (κ3) is 2.21. The van der Waals surface area contributed by atoms with E-state index in [0.29, 0.717) is 6.54 Å². The average molecular weight is 260 g/mol. The molecule has 2 heterocycles. The van der Waals surface area contributed by atoms with E-state index in [1.54, 1.807) is 0 Å². The van der Waals surface area contributed by atoms with Crippen LogP contribution in [0.25, 0.3) is 0 Å². The molecule has 7 nitrogen and oxygen atoms in total. The molecule has 1 saturated heterocycles. The van der Waals surface area contributed by atoms with Gasteiger partial charge in [-0.25, -0.2) is 8.42 Å². The van der Waals surface area contributed by atoms with Crippen molar-refractivity contribution in [3.05, 3.63) is 12.4 Å². The molecule has 0 spiro atoms. The van der Waals surface area contributed by atoms with Crippen molar-refractivity contribution >= 4 is 10.0 Å². The Morgan fingerprint density at radius 2 is 2.24 bits per heavy atom. The van der Waals surface area contributed by atoms with Crippen LogP contribution in [-0.4, -0.2) is 72.3 Å². The number of sulfonamides is 1. The highest BCUT2D eigenvalue weighted by atomic mass is 32.2. The third-order valence-electron chi connectivity index (χ3n) is 3.00. The van der Waals surface area contributed by atoms with Gasteiger partial charge in [-0.2, -0.15) is 9.40 Å². The van der Waals surface area contributed by atoms with Crippen LogP contribution in [0.1, 0.15) is 0 Å². The molecule has 0 bridgehead atoms. The Morgan fingerprint density at radius 1 is 1.53 bits per heavy atom. The minimum Gasteiger partial charge on any atom is -0.390 e. The van der Waals surface area contributed by atoms with E-state index in [1.165, 1.54) is 16.7 Å². The zero-order valence-corrected chi connectivity index (χ0v) is 10.6. The largest absolute Gasteiger partial charge is 0.390 e. The highest BCUT2D eigenvalue weighted by Gasteiger charge is 2.39. The number of aromatic amines is 1. The molecule has 0 aliphatic carbocycles. The molecule has 17 heavy (non-hydrogen) atoms. The van der Waals surface area contributed by atoms with Crippen molar-refractivity contribution in [2.45, 2.75) is 17.0 Å². The molecule has 8 heteroatoms. The number of nitrogens with zero attached hydrogens (tertiary/aromatic N) is 3. The van der Waals surface area contributed by atoms with Crippen LogP contribution >= 0.6 is 0 Å². The lowest BCUT2D eigenvalue weighted by molar-refractivity contribution is 0.113. The number of aliphatic hydroxyl groups is 1. The highest BCUT2D eigenvalue weighted by molar-refractivity contribution is 7.89. The summed E-state index contributed by atoms with van der Waals surface area (Å²) in [5.74, 6) is 0. The summed E-state index contributed by atoms with van der Waals surface area (Å²) in [6.45, 7) is 0.415. The lowest BCUT2D eigenvalue weighted by Crippen LogP contribution is -2.38. The normalized spacial score (nSPS) is 26.8. The van der Waals surface area contributed by atoms with Crippen molar-refractivity contribution in [1.82, 2.24) is 19.4 Å². The van der Waals surface area contributed by atoms with E-state index in [4.69, 9.17) is 0 Å². The summed E-state index contributed by atoms with van der Waals surface area (Å²) >= 11 is 0. The smallest absolute Gasteiger partial charge is 0.246 e. The summed E-state index contributed by atoms with van der Waals surface area (Å²) in [6.07, 6.45) is 1.95. The van der Waals surface area contributed by atoms with Gasteiger partial charge in [0.15, 0.2) is 0 Å².